The van der Waals surface area contributed by atoms with Gasteiger partial charge in [-0.3, -0.25) is 4.90 Å². The summed E-state index contributed by atoms with van der Waals surface area (Å²) in [6.07, 6.45) is 3.51. The minimum absolute atomic E-state index is 0.0386. The minimum atomic E-state index is -0.0386. The van der Waals surface area contributed by atoms with E-state index in [0.29, 0.717) is 12.5 Å². The van der Waals surface area contributed by atoms with Gasteiger partial charge in [0.1, 0.15) is 0 Å². The number of carbonyl (C=O) groups excluding carboxylic acids is 1. The number of fused-ring (bicyclic) bond motifs is 1. The molecule has 116 valence electrons. The van der Waals surface area contributed by atoms with Crippen LogP contribution in [-0.4, -0.2) is 62.8 Å². The van der Waals surface area contributed by atoms with E-state index in [2.05, 4.69) is 10.2 Å². The van der Waals surface area contributed by atoms with Crippen LogP contribution in [0.1, 0.15) is 5.56 Å². The maximum absolute atomic E-state index is 11.8. The second-order valence-electron chi connectivity index (χ2n) is 6.43. The molecule has 0 bridgehead atoms. The van der Waals surface area contributed by atoms with Crippen molar-refractivity contribution < 1.29 is 13.9 Å². The van der Waals surface area contributed by atoms with Crippen molar-refractivity contribution in [3.8, 4) is 0 Å². The number of amides is 2. The first kappa shape index (κ1) is 14.4. The number of nitrogens with one attached hydrogen (secondary N) is 1. The molecule has 2 fully saturated rings. The fourth-order valence-corrected chi connectivity index (χ4v) is 3.36. The maximum Gasteiger partial charge on any atom is 0.316 e. The fourth-order valence-electron chi connectivity index (χ4n) is 3.36. The van der Waals surface area contributed by atoms with Gasteiger partial charge in [-0.1, -0.05) is 0 Å². The zero-order valence-electron chi connectivity index (χ0n) is 12.7. The molecule has 2 amide bonds. The molecule has 2 atom stereocenters. The van der Waals surface area contributed by atoms with Crippen molar-refractivity contribution >= 4 is 6.03 Å². The van der Waals surface area contributed by atoms with Crippen LogP contribution in [0.3, 0.4) is 0 Å². The fraction of sp³-hybridized carbons (Fsp3) is 0.667. The molecule has 2 saturated heterocycles. The Balaban J connectivity index is 1.61. The number of urea groups is 1. The highest BCUT2D eigenvalue weighted by Crippen LogP contribution is 2.41. The van der Waals surface area contributed by atoms with Gasteiger partial charge >= 0.3 is 6.03 Å². The number of ether oxygens (including phenoxy) is 1. The molecule has 21 heavy (non-hydrogen) atoms. The summed E-state index contributed by atoms with van der Waals surface area (Å²) in [4.78, 5) is 15.8. The van der Waals surface area contributed by atoms with Crippen molar-refractivity contribution in [3.63, 3.8) is 0 Å². The van der Waals surface area contributed by atoms with Gasteiger partial charge in [-0.05, 0) is 6.07 Å². The van der Waals surface area contributed by atoms with E-state index in [1.807, 2.05) is 6.07 Å². The molecular formula is C15H23N3O3. The van der Waals surface area contributed by atoms with Crippen molar-refractivity contribution in [2.75, 3.05) is 46.9 Å². The van der Waals surface area contributed by atoms with E-state index >= 15 is 0 Å². The molecule has 0 unspecified atom stereocenters. The highest BCUT2D eigenvalue weighted by molar-refractivity contribution is 5.73. The van der Waals surface area contributed by atoms with Crippen LogP contribution in [-0.2, 0) is 11.3 Å². The second kappa shape index (κ2) is 5.69. The monoisotopic (exact) mass is 293 g/mol. The van der Waals surface area contributed by atoms with Gasteiger partial charge in [-0.2, -0.15) is 0 Å². The molecule has 6 heteroatoms. The van der Waals surface area contributed by atoms with Gasteiger partial charge in [0.25, 0.3) is 0 Å². The number of furan rings is 1. The third-order valence-electron chi connectivity index (χ3n) is 4.58. The van der Waals surface area contributed by atoms with Crippen LogP contribution in [0.15, 0.2) is 23.0 Å². The SMILES string of the molecule is CN(C)C(=O)NC[C@]12COC[C@H]1CN(Cc1ccoc1)C2. The molecule has 0 saturated carbocycles. The highest BCUT2D eigenvalue weighted by Gasteiger charge is 2.50. The van der Waals surface area contributed by atoms with Crippen molar-refractivity contribution in [2.24, 2.45) is 11.3 Å². The topological polar surface area (TPSA) is 58.0 Å². The summed E-state index contributed by atoms with van der Waals surface area (Å²) in [5.74, 6) is 0.492. The van der Waals surface area contributed by atoms with Crippen LogP contribution >= 0.6 is 0 Å². The van der Waals surface area contributed by atoms with E-state index in [0.717, 1.165) is 32.8 Å². The van der Waals surface area contributed by atoms with Gasteiger partial charge in [0, 0.05) is 57.2 Å². The number of hydrogen-bond acceptors (Lipinski definition) is 4. The first-order valence-electron chi connectivity index (χ1n) is 7.35. The van der Waals surface area contributed by atoms with Crippen LogP contribution in [0.2, 0.25) is 0 Å². The molecular weight excluding hydrogens is 270 g/mol. The van der Waals surface area contributed by atoms with Crippen molar-refractivity contribution in [1.29, 1.82) is 0 Å². The Morgan fingerprint density at radius 2 is 2.43 bits per heavy atom. The molecule has 6 nitrogen and oxygen atoms in total. The molecule has 2 aliphatic rings. The number of carbonyl (C=O) groups is 1. The lowest BCUT2D eigenvalue weighted by atomic mass is 9.81. The quantitative estimate of drug-likeness (QED) is 0.900. The van der Waals surface area contributed by atoms with Crippen molar-refractivity contribution in [1.82, 2.24) is 15.1 Å². The zero-order chi connectivity index (χ0) is 14.9. The van der Waals surface area contributed by atoms with E-state index in [1.54, 1.807) is 31.5 Å². The van der Waals surface area contributed by atoms with Gasteiger partial charge in [0.2, 0.25) is 0 Å². The highest BCUT2D eigenvalue weighted by atomic mass is 16.5. The largest absolute Gasteiger partial charge is 0.472 e. The predicted octanol–water partition coefficient (Wildman–Crippen LogP) is 0.999. The molecule has 0 spiro atoms. The average molecular weight is 293 g/mol. The molecule has 0 aromatic carbocycles. The molecule has 0 radical (unpaired) electrons. The van der Waals surface area contributed by atoms with E-state index in [1.165, 1.54) is 5.56 Å². The lowest BCUT2D eigenvalue weighted by molar-refractivity contribution is 0.125. The number of nitrogens with zero attached hydrogens (tertiary/aromatic N) is 2. The second-order valence-corrected chi connectivity index (χ2v) is 6.43. The summed E-state index contributed by atoms with van der Waals surface area (Å²) in [7, 11) is 3.52. The summed E-state index contributed by atoms with van der Waals surface area (Å²) in [5, 5.41) is 3.03. The minimum Gasteiger partial charge on any atom is -0.472 e. The smallest absolute Gasteiger partial charge is 0.316 e. The van der Waals surface area contributed by atoms with Crippen LogP contribution < -0.4 is 5.32 Å². The maximum atomic E-state index is 11.8. The Hall–Kier alpha value is -1.53. The van der Waals surface area contributed by atoms with E-state index in [4.69, 9.17) is 9.15 Å². The molecule has 3 heterocycles. The Morgan fingerprint density at radius 1 is 1.57 bits per heavy atom. The third kappa shape index (κ3) is 2.91. The first-order valence-corrected chi connectivity index (χ1v) is 7.35. The van der Waals surface area contributed by atoms with Crippen LogP contribution in [0.5, 0.6) is 0 Å². The Labute approximate surface area is 125 Å². The summed E-state index contributed by atoms with van der Waals surface area (Å²) in [5.41, 5.74) is 1.25. The Morgan fingerprint density at radius 3 is 3.14 bits per heavy atom. The lowest BCUT2D eigenvalue weighted by Crippen LogP contribution is -2.45. The third-order valence-corrected chi connectivity index (χ3v) is 4.58. The Kier molecular flexibility index (Phi) is 3.91. The average Bonchev–Trinajstić information content (AvgIpc) is 3.12. The van der Waals surface area contributed by atoms with Crippen molar-refractivity contribution in [2.45, 2.75) is 6.54 Å². The summed E-state index contributed by atoms with van der Waals surface area (Å²) >= 11 is 0. The first-order chi connectivity index (χ1) is 10.1. The van der Waals surface area contributed by atoms with E-state index in [-0.39, 0.29) is 11.4 Å². The number of rotatable bonds is 4. The van der Waals surface area contributed by atoms with E-state index in [9.17, 15) is 4.79 Å². The standard InChI is InChI=1S/C15H23N3O3/c1-17(2)14(19)16-9-15-10-18(5-12-3-4-20-7-12)6-13(15)8-21-11-15/h3-4,7,13H,5-6,8-11H2,1-2H3,(H,16,19)/t13-,15+/m1/s1. The molecule has 1 N–H and O–H groups in total. The molecule has 1 aromatic rings. The van der Waals surface area contributed by atoms with Crippen LogP contribution in [0, 0.1) is 11.3 Å². The van der Waals surface area contributed by atoms with Gasteiger partial charge in [0.05, 0.1) is 25.7 Å². The lowest BCUT2D eigenvalue weighted by Gasteiger charge is -2.28. The normalized spacial score (nSPS) is 28.6. The molecule has 1 aromatic heterocycles. The van der Waals surface area contributed by atoms with Gasteiger partial charge in [-0.25, -0.2) is 4.79 Å². The van der Waals surface area contributed by atoms with Crippen molar-refractivity contribution in [3.05, 3.63) is 24.2 Å². The molecule has 2 aliphatic heterocycles. The zero-order valence-corrected chi connectivity index (χ0v) is 12.7. The molecule has 3 rings (SSSR count). The summed E-state index contributed by atoms with van der Waals surface area (Å²) in [6, 6.07) is 1.97. The van der Waals surface area contributed by atoms with Gasteiger partial charge < -0.3 is 19.4 Å². The van der Waals surface area contributed by atoms with Gasteiger partial charge in [-0.15, -0.1) is 0 Å². The van der Waals surface area contributed by atoms with E-state index < -0.39 is 0 Å². The predicted molar refractivity (Wildman–Crippen MR) is 77.8 cm³/mol. The molecule has 0 aliphatic carbocycles. The van der Waals surface area contributed by atoms with Crippen LogP contribution in [0.4, 0.5) is 4.79 Å². The number of likely N-dealkylation sites (tertiary alicyclic amines) is 1. The van der Waals surface area contributed by atoms with Gasteiger partial charge in [0.15, 0.2) is 0 Å². The van der Waals surface area contributed by atoms with Crippen LogP contribution in [0.25, 0.3) is 0 Å². The number of hydrogen-bond donors (Lipinski definition) is 1. The summed E-state index contributed by atoms with van der Waals surface area (Å²) < 4.78 is 10.8. The Bertz CT molecular complexity index is 488. The summed E-state index contributed by atoms with van der Waals surface area (Å²) in [6.45, 7) is 5.07.